The second kappa shape index (κ2) is 6.95. The summed E-state index contributed by atoms with van der Waals surface area (Å²) in [5.74, 6) is -4.98. The Bertz CT molecular complexity index is 689. The summed E-state index contributed by atoms with van der Waals surface area (Å²) in [4.78, 5) is 11.2. The van der Waals surface area contributed by atoms with Crippen molar-refractivity contribution in [2.75, 3.05) is 19.5 Å². The van der Waals surface area contributed by atoms with Gasteiger partial charge in [0.25, 0.3) is 0 Å². The van der Waals surface area contributed by atoms with Gasteiger partial charge in [-0.25, -0.2) is 13.6 Å². The number of benzene rings is 2. The van der Waals surface area contributed by atoms with E-state index in [1.165, 1.54) is 0 Å². The Kier molecular flexibility index (Phi) is 5.00. The van der Waals surface area contributed by atoms with E-state index in [-0.39, 0.29) is 6.54 Å². The smallest absolute Gasteiger partial charge is 0.343 e. The molecule has 0 aliphatic rings. The first-order valence-electron chi connectivity index (χ1n) is 6.65. The second-order valence-electron chi connectivity index (χ2n) is 4.59. The SMILES string of the molecule is COc1c(F)c(NCc2ccccc2)c(F)c(OC)c1C(=O)O. The number of nitrogens with one attached hydrogen (secondary N) is 1. The highest BCUT2D eigenvalue weighted by atomic mass is 19.1. The first-order valence-corrected chi connectivity index (χ1v) is 6.65. The fraction of sp³-hybridized carbons (Fsp3) is 0.188. The van der Waals surface area contributed by atoms with Crippen LogP contribution in [0.15, 0.2) is 30.3 Å². The summed E-state index contributed by atoms with van der Waals surface area (Å²) < 4.78 is 38.4. The minimum atomic E-state index is -1.55. The molecule has 0 aliphatic heterocycles. The Morgan fingerprint density at radius 3 is 2.04 bits per heavy atom. The monoisotopic (exact) mass is 323 g/mol. The van der Waals surface area contributed by atoms with Crippen molar-refractivity contribution in [1.29, 1.82) is 0 Å². The standard InChI is InChI=1S/C16H15F2NO4/c1-22-14-10(16(20)21)15(23-2)12(18)13(11(14)17)19-8-9-6-4-3-5-7-9/h3-7,19H,8H2,1-2H3,(H,20,21). The lowest BCUT2D eigenvalue weighted by atomic mass is 10.1. The predicted octanol–water partition coefficient (Wildman–Crippen LogP) is 3.29. The summed E-state index contributed by atoms with van der Waals surface area (Å²) in [7, 11) is 2.20. The predicted molar refractivity (Wildman–Crippen MR) is 80.2 cm³/mol. The molecule has 2 N–H and O–H groups in total. The molecule has 0 unspecified atom stereocenters. The Morgan fingerprint density at radius 2 is 1.61 bits per heavy atom. The minimum Gasteiger partial charge on any atom is -0.493 e. The number of halogens is 2. The largest absolute Gasteiger partial charge is 0.493 e. The molecule has 0 atom stereocenters. The van der Waals surface area contributed by atoms with Gasteiger partial charge in [0, 0.05) is 6.54 Å². The lowest BCUT2D eigenvalue weighted by Crippen LogP contribution is -2.12. The van der Waals surface area contributed by atoms with Crippen LogP contribution in [-0.2, 0) is 6.54 Å². The molecule has 0 aliphatic carbocycles. The first kappa shape index (κ1) is 16.5. The molecule has 0 fully saturated rings. The molecule has 0 aromatic heterocycles. The highest BCUT2D eigenvalue weighted by molar-refractivity contribution is 5.95. The zero-order valence-corrected chi connectivity index (χ0v) is 12.5. The summed E-state index contributed by atoms with van der Waals surface area (Å²) >= 11 is 0. The number of carboxylic acid groups (broad SMARTS) is 1. The van der Waals surface area contributed by atoms with Gasteiger partial charge in [-0.2, -0.15) is 0 Å². The summed E-state index contributed by atoms with van der Waals surface area (Å²) in [6.07, 6.45) is 0. The molecule has 0 heterocycles. The lowest BCUT2D eigenvalue weighted by Gasteiger charge is -2.17. The molecule has 2 aromatic carbocycles. The fourth-order valence-electron chi connectivity index (χ4n) is 2.17. The quantitative estimate of drug-likeness (QED) is 0.854. The van der Waals surface area contributed by atoms with E-state index < -0.39 is 40.4 Å². The van der Waals surface area contributed by atoms with Crippen molar-refractivity contribution in [1.82, 2.24) is 0 Å². The van der Waals surface area contributed by atoms with Crippen LogP contribution < -0.4 is 14.8 Å². The molecule has 2 rings (SSSR count). The third-order valence-electron chi connectivity index (χ3n) is 3.23. The van der Waals surface area contributed by atoms with E-state index in [0.717, 1.165) is 19.8 Å². The highest BCUT2D eigenvalue weighted by Crippen LogP contribution is 2.40. The molecular weight excluding hydrogens is 308 g/mol. The average molecular weight is 323 g/mol. The third-order valence-corrected chi connectivity index (χ3v) is 3.23. The maximum Gasteiger partial charge on any atom is 0.343 e. The van der Waals surface area contributed by atoms with Gasteiger partial charge in [-0.15, -0.1) is 0 Å². The number of anilines is 1. The second-order valence-corrected chi connectivity index (χ2v) is 4.59. The van der Waals surface area contributed by atoms with Crippen molar-refractivity contribution in [2.24, 2.45) is 0 Å². The van der Waals surface area contributed by atoms with Crippen molar-refractivity contribution < 1.29 is 28.2 Å². The van der Waals surface area contributed by atoms with Gasteiger partial charge in [-0.05, 0) is 5.56 Å². The molecule has 0 radical (unpaired) electrons. The van der Waals surface area contributed by atoms with Crippen molar-refractivity contribution >= 4 is 11.7 Å². The van der Waals surface area contributed by atoms with E-state index in [9.17, 15) is 13.6 Å². The molecule has 0 saturated carbocycles. The van der Waals surface area contributed by atoms with Crippen LogP contribution in [0.2, 0.25) is 0 Å². The van der Waals surface area contributed by atoms with Crippen molar-refractivity contribution in [3.8, 4) is 11.5 Å². The number of hydrogen-bond acceptors (Lipinski definition) is 4. The zero-order chi connectivity index (χ0) is 17.0. The van der Waals surface area contributed by atoms with Gasteiger partial charge in [0.1, 0.15) is 11.3 Å². The van der Waals surface area contributed by atoms with Crippen LogP contribution in [0, 0.1) is 11.6 Å². The summed E-state index contributed by atoms with van der Waals surface area (Å²) in [6, 6.07) is 8.96. The fourth-order valence-corrected chi connectivity index (χ4v) is 2.17. The van der Waals surface area contributed by atoms with E-state index in [1.807, 2.05) is 6.07 Å². The van der Waals surface area contributed by atoms with Crippen LogP contribution in [0.5, 0.6) is 11.5 Å². The third kappa shape index (κ3) is 3.18. The molecule has 0 bridgehead atoms. The number of rotatable bonds is 6. The molecule has 7 heteroatoms. The molecule has 5 nitrogen and oxygen atoms in total. The van der Waals surface area contributed by atoms with E-state index in [4.69, 9.17) is 14.6 Å². The van der Waals surface area contributed by atoms with Crippen molar-refractivity contribution in [2.45, 2.75) is 6.54 Å². The number of carboxylic acids is 1. The van der Waals surface area contributed by atoms with Crippen molar-refractivity contribution in [3.63, 3.8) is 0 Å². The van der Waals surface area contributed by atoms with Crippen LogP contribution in [0.1, 0.15) is 15.9 Å². The van der Waals surface area contributed by atoms with Crippen LogP contribution in [0.3, 0.4) is 0 Å². The van der Waals surface area contributed by atoms with Crippen LogP contribution in [-0.4, -0.2) is 25.3 Å². The Hall–Kier alpha value is -2.83. The Morgan fingerprint density at radius 1 is 1.09 bits per heavy atom. The van der Waals surface area contributed by atoms with Gasteiger partial charge in [0.15, 0.2) is 23.1 Å². The van der Waals surface area contributed by atoms with Gasteiger partial charge in [0.05, 0.1) is 14.2 Å². The minimum absolute atomic E-state index is 0.146. The summed E-state index contributed by atoms with van der Waals surface area (Å²) in [6.45, 7) is 0.146. The van der Waals surface area contributed by atoms with E-state index in [1.54, 1.807) is 24.3 Å². The molecule has 0 saturated heterocycles. The summed E-state index contributed by atoms with van der Waals surface area (Å²) in [5, 5.41) is 11.8. The van der Waals surface area contributed by atoms with E-state index in [0.29, 0.717) is 0 Å². The van der Waals surface area contributed by atoms with Crippen molar-refractivity contribution in [3.05, 3.63) is 53.1 Å². The zero-order valence-electron chi connectivity index (χ0n) is 12.5. The first-order chi connectivity index (χ1) is 11.0. The molecular formula is C16H15F2NO4. The van der Waals surface area contributed by atoms with Crippen LogP contribution in [0.25, 0.3) is 0 Å². The number of methoxy groups -OCH3 is 2. The number of carbonyl (C=O) groups is 1. The number of hydrogen-bond donors (Lipinski definition) is 2. The molecule has 122 valence electrons. The van der Waals surface area contributed by atoms with Crippen LogP contribution >= 0.6 is 0 Å². The number of aromatic carboxylic acids is 1. The molecule has 0 amide bonds. The molecule has 2 aromatic rings. The van der Waals surface area contributed by atoms with Gasteiger partial charge in [-0.3, -0.25) is 0 Å². The topological polar surface area (TPSA) is 67.8 Å². The lowest BCUT2D eigenvalue weighted by molar-refractivity contribution is 0.0687. The Labute approximate surface area is 131 Å². The van der Waals surface area contributed by atoms with Crippen LogP contribution in [0.4, 0.5) is 14.5 Å². The maximum atomic E-state index is 14.4. The molecule has 23 heavy (non-hydrogen) atoms. The highest BCUT2D eigenvalue weighted by Gasteiger charge is 2.30. The summed E-state index contributed by atoms with van der Waals surface area (Å²) in [5.41, 5.74) is -0.408. The van der Waals surface area contributed by atoms with Gasteiger partial charge >= 0.3 is 5.97 Å². The Balaban J connectivity index is 2.49. The van der Waals surface area contributed by atoms with E-state index in [2.05, 4.69) is 5.32 Å². The molecule has 0 spiro atoms. The number of ether oxygens (including phenoxy) is 2. The van der Waals surface area contributed by atoms with Gasteiger partial charge < -0.3 is 19.9 Å². The van der Waals surface area contributed by atoms with Gasteiger partial charge in [0.2, 0.25) is 0 Å². The van der Waals surface area contributed by atoms with E-state index >= 15 is 0 Å². The normalized spacial score (nSPS) is 10.3. The van der Waals surface area contributed by atoms with Gasteiger partial charge in [-0.1, -0.05) is 30.3 Å². The maximum absolute atomic E-state index is 14.4. The average Bonchev–Trinajstić information content (AvgIpc) is 2.55.